The number of anilines is 1. The van der Waals surface area contributed by atoms with Gasteiger partial charge in [0.2, 0.25) is 5.88 Å². The molecule has 0 saturated heterocycles. The summed E-state index contributed by atoms with van der Waals surface area (Å²) in [5, 5.41) is 12.0. The zero-order chi connectivity index (χ0) is 15.7. The van der Waals surface area contributed by atoms with Gasteiger partial charge in [0.1, 0.15) is 12.1 Å². The molecule has 21 heavy (non-hydrogen) atoms. The van der Waals surface area contributed by atoms with Crippen LogP contribution in [-0.2, 0) is 4.79 Å². The average molecular weight is 295 g/mol. The summed E-state index contributed by atoms with van der Waals surface area (Å²) in [5.41, 5.74) is -0.0139. The first kappa shape index (κ1) is 17.2. The average Bonchev–Trinajstić information content (AvgIpc) is 2.43. The van der Waals surface area contributed by atoms with Crippen LogP contribution in [0.25, 0.3) is 0 Å². The minimum atomic E-state index is -0.746. The summed E-state index contributed by atoms with van der Waals surface area (Å²) in [6.45, 7) is 7.57. The van der Waals surface area contributed by atoms with E-state index in [2.05, 4.69) is 29.1 Å². The number of hydrogen-bond acceptors (Lipinski definition) is 5. The highest BCUT2D eigenvalue weighted by Crippen LogP contribution is 2.26. The summed E-state index contributed by atoms with van der Waals surface area (Å²) < 4.78 is 5.45. The second kappa shape index (κ2) is 8.44. The molecule has 0 bridgehead atoms. The number of ether oxygens (including phenoxy) is 1. The van der Waals surface area contributed by atoms with Crippen molar-refractivity contribution in [1.29, 1.82) is 0 Å². The largest absolute Gasteiger partial charge is 0.481 e. The van der Waals surface area contributed by atoms with Gasteiger partial charge in [-0.05, 0) is 24.7 Å². The van der Waals surface area contributed by atoms with Crippen molar-refractivity contribution in [2.24, 2.45) is 5.41 Å². The summed E-state index contributed by atoms with van der Waals surface area (Å²) in [4.78, 5) is 18.8. The lowest BCUT2D eigenvalue weighted by atomic mass is 9.84. The molecular weight excluding hydrogens is 270 g/mol. The molecule has 0 aliphatic rings. The van der Waals surface area contributed by atoms with E-state index in [1.54, 1.807) is 6.07 Å². The first-order valence-corrected chi connectivity index (χ1v) is 7.33. The normalized spacial score (nSPS) is 11.2. The molecule has 0 aromatic carbocycles. The van der Waals surface area contributed by atoms with E-state index >= 15 is 0 Å². The fourth-order valence-electron chi connectivity index (χ4n) is 1.82. The highest BCUT2D eigenvalue weighted by atomic mass is 16.5. The number of carboxylic acid groups (broad SMARTS) is 1. The van der Waals surface area contributed by atoms with Crippen LogP contribution >= 0.6 is 0 Å². The zero-order valence-corrected chi connectivity index (χ0v) is 13.1. The van der Waals surface area contributed by atoms with Crippen LogP contribution in [0, 0.1) is 5.41 Å². The predicted octanol–water partition coefficient (Wildman–Crippen LogP) is 2.96. The molecule has 0 aliphatic heterocycles. The van der Waals surface area contributed by atoms with Gasteiger partial charge in [0.15, 0.2) is 0 Å². The number of nitrogens with zero attached hydrogens (tertiary/aromatic N) is 2. The van der Waals surface area contributed by atoms with E-state index in [9.17, 15) is 4.79 Å². The maximum Gasteiger partial charge on any atom is 0.303 e. The van der Waals surface area contributed by atoms with E-state index in [0.29, 0.717) is 18.9 Å². The second-order valence-corrected chi connectivity index (χ2v) is 5.82. The molecule has 0 aliphatic carbocycles. The van der Waals surface area contributed by atoms with Crippen LogP contribution in [0.15, 0.2) is 12.4 Å². The highest BCUT2D eigenvalue weighted by molar-refractivity contribution is 5.66. The fraction of sp³-hybridized carbons (Fsp3) is 0.667. The van der Waals surface area contributed by atoms with E-state index in [-0.39, 0.29) is 11.8 Å². The molecule has 0 spiro atoms. The summed E-state index contributed by atoms with van der Waals surface area (Å²) in [5.74, 6) is 0.550. The van der Waals surface area contributed by atoms with E-state index < -0.39 is 5.97 Å². The zero-order valence-electron chi connectivity index (χ0n) is 13.1. The van der Waals surface area contributed by atoms with Gasteiger partial charge in [0.25, 0.3) is 0 Å². The minimum Gasteiger partial charge on any atom is -0.481 e. The number of aromatic nitrogens is 2. The van der Waals surface area contributed by atoms with Gasteiger partial charge in [-0.3, -0.25) is 4.79 Å². The van der Waals surface area contributed by atoms with Crippen LogP contribution < -0.4 is 10.1 Å². The van der Waals surface area contributed by atoms with Gasteiger partial charge in [-0.15, -0.1) is 0 Å². The standard InChI is InChI=1S/C15H25N3O3/c1-4-9-21-13-10-12(17-11-18-13)16-8-7-15(2,3)6-5-14(19)20/h10-11H,4-9H2,1-3H3,(H,19,20)(H,16,17,18). The Morgan fingerprint density at radius 1 is 1.38 bits per heavy atom. The molecule has 0 saturated carbocycles. The highest BCUT2D eigenvalue weighted by Gasteiger charge is 2.18. The van der Waals surface area contributed by atoms with Crippen LogP contribution in [-0.4, -0.2) is 34.2 Å². The fourth-order valence-corrected chi connectivity index (χ4v) is 1.82. The summed E-state index contributed by atoms with van der Waals surface area (Å²) >= 11 is 0. The lowest BCUT2D eigenvalue weighted by molar-refractivity contribution is -0.137. The van der Waals surface area contributed by atoms with Gasteiger partial charge in [-0.25, -0.2) is 9.97 Å². The smallest absolute Gasteiger partial charge is 0.303 e. The molecule has 1 aromatic rings. The first-order valence-electron chi connectivity index (χ1n) is 7.33. The Hall–Kier alpha value is -1.85. The van der Waals surface area contributed by atoms with Crippen molar-refractivity contribution in [2.75, 3.05) is 18.5 Å². The third-order valence-corrected chi connectivity index (χ3v) is 3.22. The molecule has 1 heterocycles. The van der Waals surface area contributed by atoms with Crippen molar-refractivity contribution in [3.8, 4) is 5.88 Å². The van der Waals surface area contributed by atoms with Crippen molar-refractivity contribution in [2.45, 2.75) is 46.5 Å². The second-order valence-electron chi connectivity index (χ2n) is 5.82. The molecule has 6 heteroatoms. The maximum absolute atomic E-state index is 10.6. The third-order valence-electron chi connectivity index (χ3n) is 3.22. The number of hydrogen-bond donors (Lipinski definition) is 2. The van der Waals surface area contributed by atoms with E-state index in [1.807, 2.05) is 6.92 Å². The van der Waals surface area contributed by atoms with Crippen molar-refractivity contribution in [3.63, 3.8) is 0 Å². The Morgan fingerprint density at radius 3 is 2.81 bits per heavy atom. The SMILES string of the molecule is CCCOc1cc(NCCC(C)(C)CCC(=O)O)ncn1. The van der Waals surface area contributed by atoms with Crippen molar-refractivity contribution in [1.82, 2.24) is 9.97 Å². The molecule has 2 N–H and O–H groups in total. The monoisotopic (exact) mass is 295 g/mol. The summed E-state index contributed by atoms with van der Waals surface area (Å²) in [7, 11) is 0. The van der Waals surface area contributed by atoms with Crippen LogP contribution in [0.4, 0.5) is 5.82 Å². The van der Waals surface area contributed by atoms with Crippen LogP contribution in [0.3, 0.4) is 0 Å². The van der Waals surface area contributed by atoms with Crippen LogP contribution in [0.5, 0.6) is 5.88 Å². The quantitative estimate of drug-likeness (QED) is 0.690. The van der Waals surface area contributed by atoms with E-state index in [1.165, 1.54) is 6.33 Å². The van der Waals surface area contributed by atoms with Crippen LogP contribution in [0.2, 0.25) is 0 Å². The maximum atomic E-state index is 10.6. The molecule has 0 radical (unpaired) electrons. The van der Waals surface area contributed by atoms with Crippen molar-refractivity contribution < 1.29 is 14.6 Å². The number of carboxylic acids is 1. The van der Waals surface area contributed by atoms with Gasteiger partial charge in [0, 0.05) is 19.0 Å². The molecule has 0 fully saturated rings. The van der Waals surface area contributed by atoms with Gasteiger partial charge < -0.3 is 15.2 Å². The Balaban J connectivity index is 2.39. The van der Waals surface area contributed by atoms with E-state index in [4.69, 9.17) is 9.84 Å². The molecule has 6 nitrogen and oxygen atoms in total. The summed E-state index contributed by atoms with van der Waals surface area (Å²) in [6.07, 6.45) is 4.15. The lowest BCUT2D eigenvalue weighted by Crippen LogP contribution is -2.18. The Bertz CT molecular complexity index is 450. The Morgan fingerprint density at radius 2 is 2.14 bits per heavy atom. The lowest BCUT2D eigenvalue weighted by Gasteiger charge is -2.23. The molecule has 0 atom stereocenters. The molecule has 118 valence electrons. The van der Waals surface area contributed by atoms with Crippen molar-refractivity contribution >= 4 is 11.8 Å². The first-order chi connectivity index (χ1) is 9.93. The molecular formula is C15H25N3O3. The Kier molecular flexibility index (Phi) is 6.91. The van der Waals surface area contributed by atoms with E-state index in [0.717, 1.165) is 25.2 Å². The van der Waals surface area contributed by atoms with Gasteiger partial charge in [-0.1, -0.05) is 20.8 Å². The number of rotatable bonds is 10. The van der Waals surface area contributed by atoms with Gasteiger partial charge in [-0.2, -0.15) is 0 Å². The van der Waals surface area contributed by atoms with Crippen LogP contribution in [0.1, 0.15) is 46.5 Å². The molecule has 1 aromatic heterocycles. The number of aliphatic carboxylic acids is 1. The Labute approximate surface area is 126 Å². The van der Waals surface area contributed by atoms with Gasteiger partial charge in [0.05, 0.1) is 6.61 Å². The molecule has 0 unspecified atom stereocenters. The van der Waals surface area contributed by atoms with Gasteiger partial charge >= 0.3 is 5.97 Å². The number of nitrogens with one attached hydrogen (secondary N) is 1. The summed E-state index contributed by atoms with van der Waals surface area (Å²) in [6, 6.07) is 1.78. The minimum absolute atomic E-state index is 0.0139. The number of carbonyl (C=O) groups is 1. The predicted molar refractivity (Wildman–Crippen MR) is 81.6 cm³/mol. The molecule has 0 amide bonds. The molecule has 1 rings (SSSR count). The van der Waals surface area contributed by atoms with Crippen molar-refractivity contribution in [3.05, 3.63) is 12.4 Å². The third kappa shape index (κ3) is 7.48. The topological polar surface area (TPSA) is 84.3 Å².